The molecule has 0 atom stereocenters. The number of hydrogen-bond donors (Lipinski definition) is 0. The number of fused-ring (bicyclic) bond motifs is 1. The van der Waals surface area contributed by atoms with Crippen molar-refractivity contribution in [2.24, 2.45) is 5.10 Å². The molecule has 0 N–H and O–H groups in total. The SMILES string of the molecule is CCOc1cc(C=Nn2c(-c3ccccc3)nc3ccccc3c2=O)c(Br)c(Cl)c1OCc1ccc(Cl)cc1Cl. The van der Waals surface area contributed by atoms with E-state index in [4.69, 9.17) is 49.3 Å². The zero-order valence-electron chi connectivity index (χ0n) is 21.1. The Morgan fingerprint density at radius 2 is 1.73 bits per heavy atom. The fraction of sp³-hybridized carbons (Fsp3) is 0.100. The lowest BCUT2D eigenvalue weighted by Gasteiger charge is -2.16. The van der Waals surface area contributed by atoms with Gasteiger partial charge in [0.2, 0.25) is 0 Å². The normalized spacial score (nSPS) is 11.3. The quantitative estimate of drug-likeness (QED) is 0.157. The Bertz CT molecular complexity index is 1790. The van der Waals surface area contributed by atoms with Crippen molar-refractivity contribution in [1.82, 2.24) is 9.66 Å². The predicted molar refractivity (Wildman–Crippen MR) is 166 cm³/mol. The summed E-state index contributed by atoms with van der Waals surface area (Å²) in [5.41, 5.74) is 2.35. The lowest BCUT2D eigenvalue weighted by molar-refractivity contribution is 0.269. The van der Waals surface area contributed by atoms with E-state index in [0.717, 1.165) is 11.1 Å². The Hall–Kier alpha value is -3.36. The largest absolute Gasteiger partial charge is 0.490 e. The summed E-state index contributed by atoms with van der Waals surface area (Å²) >= 11 is 22.6. The third-order valence-corrected chi connectivity index (χ3v) is 7.97. The van der Waals surface area contributed by atoms with Gasteiger partial charge in [0, 0.05) is 31.2 Å². The minimum Gasteiger partial charge on any atom is -0.490 e. The van der Waals surface area contributed by atoms with Crippen molar-refractivity contribution < 1.29 is 9.47 Å². The van der Waals surface area contributed by atoms with E-state index < -0.39 is 0 Å². The van der Waals surface area contributed by atoms with Gasteiger partial charge in [-0.25, -0.2) is 4.98 Å². The Morgan fingerprint density at radius 3 is 2.48 bits per heavy atom. The summed E-state index contributed by atoms with van der Waals surface area (Å²) in [7, 11) is 0. The topological polar surface area (TPSA) is 65.7 Å². The van der Waals surface area contributed by atoms with Gasteiger partial charge in [0.1, 0.15) is 11.6 Å². The molecule has 40 heavy (non-hydrogen) atoms. The van der Waals surface area contributed by atoms with Crippen molar-refractivity contribution in [1.29, 1.82) is 0 Å². The van der Waals surface area contributed by atoms with E-state index in [-0.39, 0.29) is 17.2 Å². The average Bonchev–Trinajstić information content (AvgIpc) is 2.96. The van der Waals surface area contributed by atoms with Gasteiger partial charge in [-0.3, -0.25) is 4.79 Å². The number of ether oxygens (including phenoxy) is 2. The van der Waals surface area contributed by atoms with Crippen molar-refractivity contribution in [2.45, 2.75) is 13.5 Å². The third-order valence-electron chi connectivity index (χ3n) is 5.94. The molecule has 0 aliphatic rings. The molecule has 0 bridgehead atoms. The molecule has 0 saturated heterocycles. The molecule has 0 amide bonds. The first-order valence-electron chi connectivity index (χ1n) is 12.2. The Kier molecular flexibility index (Phi) is 8.76. The second kappa shape index (κ2) is 12.4. The minimum atomic E-state index is -0.298. The number of halogens is 4. The second-order valence-electron chi connectivity index (χ2n) is 8.56. The number of para-hydroxylation sites is 1. The van der Waals surface area contributed by atoms with Crippen LogP contribution in [-0.4, -0.2) is 22.5 Å². The number of nitrogens with zero attached hydrogens (tertiary/aromatic N) is 3. The van der Waals surface area contributed by atoms with Crippen LogP contribution in [0.25, 0.3) is 22.3 Å². The second-order valence-corrected chi connectivity index (χ2v) is 10.6. The molecule has 0 spiro atoms. The van der Waals surface area contributed by atoms with Gasteiger partial charge < -0.3 is 9.47 Å². The molecule has 202 valence electrons. The highest BCUT2D eigenvalue weighted by molar-refractivity contribution is 9.10. The van der Waals surface area contributed by atoms with E-state index in [2.05, 4.69) is 21.0 Å². The van der Waals surface area contributed by atoms with Crippen LogP contribution < -0.4 is 15.0 Å². The number of benzene rings is 4. The monoisotopic (exact) mass is 655 g/mol. The fourth-order valence-electron chi connectivity index (χ4n) is 4.01. The van der Waals surface area contributed by atoms with Crippen LogP contribution in [0, 0.1) is 0 Å². The summed E-state index contributed by atoms with van der Waals surface area (Å²) in [5, 5.41) is 6.30. The molecule has 0 radical (unpaired) electrons. The van der Waals surface area contributed by atoms with Crippen molar-refractivity contribution in [3.05, 3.63) is 120 Å². The molecule has 5 aromatic rings. The first-order valence-corrected chi connectivity index (χ1v) is 14.1. The smallest absolute Gasteiger partial charge is 0.282 e. The van der Waals surface area contributed by atoms with E-state index in [0.29, 0.717) is 54.9 Å². The first-order chi connectivity index (χ1) is 19.4. The summed E-state index contributed by atoms with van der Waals surface area (Å²) in [6.45, 7) is 2.38. The predicted octanol–water partition coefficient (Wildman–Crippen LogP) is 8.65. The van der Waals surface area contributed by atoms with Crippen LogP contribution in [0.5, 0.6) is 11.5 Å². The van der Waals surface area contributed by atoms with Crippen LogP contribution in [0.3, 0.4) is 0 Å². The number of aromatic nitrogens is 2. The van der Waals surface area contributed by atoms with Crippen LogP contribution in [0.15, 0.2) is 93.2 Å². The zero-order chi connectivity index (χ0) is 28.2. The van der Waals surface area contributed by atoms with Gasteiger partial charge in [-0.05, 0) is 53.2 Å². The highest BCUT2D eigenvalue weighted by Crippen LogP contribution is 2.43. The van der Waals surface area contributed by atoms with Crippen LogP contribution in [0.4, 0.5) is 0 Å². The lowest BCUT2D eigenvalue weighted by atomic mass is 10.2. The van der Waals surface area contributed by atoms with Crippen molar-refractivity contribution in [2.75, 3.05) is 6.61 Å². The summed E-state index contributed by atoms with van der Waals surface area (Å²) < 4.78 is 13.7. The average molecular weight is 658 g/mol. The molecule has 0 aliphatic heterocycles. The molecular formula is C30H21BrCl3N3O3. The van der Waals surface area contributed by atoms with Gasteiger partial charge in [0.25, 0.3) is 5.56 Å². The summed E-state index contributed by atoms with van der Waals surface area (Å²) in [6.07, 6.45) is 1.53. The van der Waals surface area contributed by atoms with Crippen molar-refractivity contribution >= 4 is 67.9 Å². The first kappa shape index (κ1) is 28.2. The summed E-state index contributed by atoms with van der Waals surface area (Å²) in [5.74, 6) is 1.16. The van der Waals surface area contributed by atoms with Crippen molar-refractivity contribution in [3.63, 3.8) is 0 Å². The van der Waals surface area contributed by atoms with Gasteiger partial charge in [-0.2, -0.15) is 9.78 Å². The standard InChI is InChI=1S/C30H21BrCl3N3O3/c1-2-39-25-14-20(26(31)27(34)28(25)40-17-19-12-13-21(32)15-23(19)33)16-35-37-29(18-8-4-3-5-9-18)36-24-11-7-6-10-22(24)30(37)38/h3-16H,2,17H2,1H3. The molecular weight excluding hydrogens is 637 g/mol. The maximum Gasteiger partial charge on any atom is 0.282 e. The van der Waals surface area contributed by atoms with E-state index in [1.807, 2.05) is 43.3 Å². The Morgan fingerprint density at radius 1 is 0.975 bits per heavy atom. The molecule has 4 aromatic carbocycles. The van der Waals surface area contributed by atoms with E-state index in [1.165, 1.54) is 10.9 Å². The highest BCUT2D eigenvalue weighted by Gasteiger charge is 2.19. The fourth-order valence-corrected chi connectivity index (χ4v) is 5.13. The molecule has 1 aromatic heterocycles. The molecule has 0 aliphatic carbocycles. The zero-order valence-corrected chi connectivity index (χ0v) is 24.9. The van der Waals surface area contributed by atoms with Gasteiger partial charge >= 0.3 is 0 Å². The van der Waals surface area contributed by atoms with Crippen LogP contribution in [-0.2, 0) is 6.61 Å². The highest BCUT2D eigenvalue weighted by atomic mass is 79.9. The van der Waals surface area contributed by atoms with Gasteiger partial charge in [0.15, 0.2) is 17.3 Å². The number of hydrogen-bond acceptors (Lipinski definition) is 5. The number of rotatable bonds is 8. The molecule has 0 unspecified atom stereocenters. The van der Waals surface area contributed by atoms with Crippen molar-refractivity contribution in [3.8, 4) is 22.9 Å². The van der Waals surface area contributed by atoms with Crippen LogP contribution in [0.2, 0.25) is 15.1 Å². The molecule has 5 rings (SSSR count). The van der Waals surface area contributed by atoms with Crippen LogP contribution >= 0.6 is 50.7 Å². The van der Waals surface area contributed by atoms with Gasteiger partial charge in [0.05, 0.1) is 23.7 Å². The van der Waals surface area contributed by atoms with E-state index in [1.54, 1.807) is 42.5 Å². The van der Waals surface area contributed by atoms with E-state index >= 15 is 0 Å². The maximum atomic E-state index is 13.5. The third kappa shape index (κ3) is 5.88. The Labute approximate surface area is 253 Å². The summed E-state index contributed by atoms with van der Waals surface area (Å²) in [4.78, 5) is 18.2. The minimum absolute atomic E-state index is 0.147. The van der Waals surface area contributed by atoms with Gasteiger partial charge in [-0.15, -0.1) is 0 Å². The molecule has 0 fully saturated rings. The molecule has 10 heteroatoms. The maximum absolute atomic E-state index is 13.5. The van der Waals surface area contributed by atoms with Crippen LogP contribution in [0.1, 0.15) is 18.1 Å². The molecule has 0 saturated carbocycles. The molecule has 6 nitrogen and oxygen atoms in total. The lowest BCUT2D eigenvalue weighted by Crippen LogP contribution is -2.20. The Balaban J connectivity index is 1.56. The van der Waals surface area contributed by atoms with Gasteiger partial charge in [-0.1, -0.05) is 83.3 Å². The molecule has 1 heterocycles. The summed E-state index contributed by atoms with van der Waals surface area (Å²) in [6, 6.07) is 23.5. The van der Waals surface area contributed by atoms with E-state index in [9.17, 15) is 4.79 Å².